The highest BCUT2D eigenvalue weighted by atomic mass is 19.1. The van der Waals surface area contributed by atoms with Crippen molar-refractivity contribution in [1.29, 1.82) is 0 Å². The highest BCUT2D eigenvalue weighted by Gasteiger charge is 2.10. The van der Waals surface area contributed by atoms with Crippen molar-refractivity contribution in [2.24, 2.45) is 0 Å². The SMILES string of the molecule is COc1ccc(C(=O)CCNc2ccc(F)cc2)cc1OC. The molecule has 0 aliphatic carbocycles. The summed E-state index contributed by atoms with van der Waals surface area (Å²) in [6.07, 6.45) is 0.326. The van der Waals surface area contributed by atoms with Crippen LogP contribution >= 0.6 is 0 Å². The smallest absolute Gasteiger partial charge is 0.164 e. The summed E-state index contributed by atoms with van der Waals surface area (Å²) in [5, 5.41) is 3.08. The number of carbonyl (C=O) groups excluding carboxylic acids is 1. The molecule has 0 aliphatic heterocycles. The Labute approximate surface area is 128 Å². The van der Waals surface area contributed by atoms with Gasteiger partial charge in [-0.3, -0.25) is 4.79 Å². The van der Waals surface area contributed by atoms with E-state index in [1.807, 2.05) is 0 Å². The minimum atomic E-state index is -0.285. The molecule has 0 spiro atoms. The zero-order valence-electron chi connectivity index (χ0n) is 12.6. The molecule has 0 fully saturated rings. The monoisotopic (exact) mass is 303 g/mol. The Morgan fingerprint density at radius 3 is 2.36 bits per heavy atom. The number of methoxy groups -OCH3 is 2. The molecule has 0 atom stereocenters. The maximum atomic E-state index is 12.8. The van der Waals surface area contributed by atoms with Crippen LogP contribution in [0.15, 0.2) is 42.5 Å². The second kappa shape index (κ2) is 7.45. The maximum absolute atomic E-state index is 12.8. The molecule has 116 valence electrons. The number of ketones is 1. The van der Waals surface area contributed by atoms with Crippen molar-refractivity contribution in [3.8, 4) is 11.5 Å². The summed E-state index contributed by atoms with van der Waals surface area (Å²) in [5.41, 5.74) is 1.35. The van der Waals surface area contributed by atoms with Crippen molar-refractivity contribution in [3.05, 3.63) is 53.8 Å². The Bertz CT molecular complexity index is 641. The molecule has 0 unspecified atom stereocenters. The third kappa shape index (κ3) is 3.97. The van der Waals surface area contributed by atoms with Gasteiger partial charge in [0.1, 0.15) is 5.82 Å². The molecule has 0 saturated heterocycles. The van der Waals surface area contributed by atoms with Crippen molar-refractivity contribution in [2.75, 3.05) is 26.1 Å². The number of rotatable bonds is 7. The van der Waals surface area contributed by atoms with E-state index in [0.717, 1.165) is 5.69 Å². The molecular weight excluding hydrogens is 285 g/mol. The highest BCUT2D eigenvalue weighted by Crippen LogP contribution is 2.27. The number of nitrogens with one attached hydrogen (secondary N) is 1. The minimum Gasteiger partial charge on any atom is -0.493 e. The second-order valence-electron chi connectivity index (χ2n) is 4.68. The predicted octanol–water partition coefficient (Wildman–Crippen LogP) is 3.53. The molecule has 2 aromatic carbocycles. The van der Waals surface area contributed by atoms with Gasteiger partial charge in [0.2, 0.25) is 0 Å². The molecule has 0 bridgehead atoms. The molecule has 2 rings (SSSR count). The van der Waals surface area contributed by atoms with E-state index in [4.69, 9.17) is 9.47 Å². The zero-order valence-corrected chi connectivity index (χ0v) is 12.6. The van der Waals surface area contributed by atoms with E-state index < -0.39 is 0 Å². The van der Waals surface area contributed by atoms with Crippen molar-refractivity contribution in [3.63, 3.8) is 0 Å². The number of ether oxygens (including phenoxy) is 2. The Kier molecular flexibility index (Phi) is 5.36. The van der Waals surface area contributed by atoms with Crippen LogP contribution in [0.3, 0.4) is 0 Å². The lowest BCUT2D eigenvalue weighted by atomic mass is 10.1. The van der Waals surface area contributed by atoms with E-state index in [0.29, 0.717) is 30.0 Å². The molecule has 4 nitrogen and oxygen atoms in total. The van der Waals surface area contributed by atoms with Crippen LogP contribution in [0.1, 0.15) is 16.8 Å². The van der Waals surface area contributed by atoms with E-state index in [2.05, 4.69) is 5.32 Å². The average molecular weight is 303 g/mol. The van der Waals surface area contributed by atoms with E-state index in [-0.39, 0.29) is 11.6 Å². The number of Topliss-reactive ketones (excluding diaryl/α,β-unsaturated/α-hetero) is 1. The third-order valence-corrected chi connectivity index (χ3v) is 3.23. The van der Waals surface area contributed by atoms with E-state index in [1.165, 1.54) is 19.2 Å². The van der Waals surface area contributed by atoms with E-state index in [1.54, 1.807) is 37.4 Å². The summed E-state index contributed by atoms with van der Waals surface area (Å²) >= 11 is 0. The Morgan fingerprint density at radius 1 is 1.05 bits per heavy atom. The van der Waals surface area contributed by atoms with Gasteiger partial charge >= 0.3 is 0 Å². The first-order chi connectivity index (χ1) is 10.6. The van der Waals surface area contributed by atoms with Gasteiger partial charge in [-0.25, -0.2) is 4.39 Å². The standard InChI is InChI=1S/C17H18FNO3/c1-21-16-8-3-12(11-17(16)22-2)15(20)9-10-19-14-6-4-13(18)5-7-14/h3-8,11,19H,9-10H2,1-2H3. The molecule has 1 N–H and O–H groups in total. The van der Waals surface area contributed by atoms with Crippen LogP contribution in [0.5, 0.6) is 11.5 Å². The van der Waals surface area contributed by atoms with Gasteiger partial charge in [0, 0.05) is 24.2 Å². The van der Waals surface area contributed by atoms with Crippen LogP contribution in [0.4, 0.5) is 10.1 Å². The number of halogens is 1. The van der Waals surface area contributed by atoms with Gasteiger partial charge in [-0.2, -0.15) is 0 Å². The van der Waals surface area contributed by atoms with Crippen molar-refractivity contribution >= 4 is 11.5 Å². The first kappa shape index (κ1) is 15.8. The van der Waals surface area contributed by atoms with Crippen LogP contribution in [0.2, 0.25) is 0 Å². The van der Waals surface area contributed by atoms with Gasteiger partial charge < -0.3 is 14.8 Å². The number of hydrogen-bond donors (Lipinski definition) is 1. The molecular formula is C17H18FNO3. The van der Waals surface area contributed by atoms with Crippen LogP contribution < -0.4 is 14.8 Å². The summed E-state index contributed by atoms with van der Waals surface area (Å²) in [5.74, 6) is 0.825. The van der Waals surface area contributed by atoms with Crippen molar-refractivity contribution in [1.82, 2.24) is 0 Å². The minimum absolute atomic E-state index is 0.00411. The molecule has 0 aromatic heterocycles. The van der Waals surface area contributed by atoms with Gasteiger partial charge in [-0.1, -0.05) is 0 Å². The number of anilines is 1. The van der Waals surface area contributed by atoms with Gasteiger partial charge in [-0.15, -0.1) is 0 Å². The van der Waals surface area contributed by atoms with E-state index in [9.17, 15) is 9.18 Å². The Morgan fingerprint density at radius 2 is 1.73 bits per heavy atom. The normalized spacial score (nSPS) is 10.1. The van der Waals surface area contributed by atoms with E-state index >= 15 is 0 Å². The number of carbonyl (C=O) groups is 1. The number of hydrogen-bond acceptors (Lipinski definition) is 4. The summed E-state index contributed by atoms with van der Waals surface area (Å²) < 4.78 is 23.1. The van der Waals surface area contributed by atoms with Crippen LogP contribution in [0.25, 0.3) is 0 Å². The molecule has 0 radical (unpaired) electrons. The largest absolute Gasteiger partial charge is 0.493 e. The fraction of sp³-hybridized carbons (Fsp3) is 0.235. The van der Waals surface area contributed by atoms with Crippen LogP contribution in [-0.2, 0) is 0 Å². The summed E-state index contributed by atoms with van der Waals surface area (Å²) in [6, 6.07) is 11.1. The maximum Gasteiger partial charge on any atom is 0.164 e. The Balaban J connectivity index is 1.93. The summed E-state index contributed by atoms with van der Waals surface area (Å²) in [7, 11) is 3.08. The second-order valence-corrected chi connectivity index (χ2v) is 4.68. The van der Waals surface area contributed by atoms with Gasteiger partial charge in [0.15, 0.2) is 17.3 Å². The fourth-order valence-corrected chi connectivity index (χ4v) is 2.04. The lowest BCUT2D eigenvalue weighted by molar-refractivity contribution is 0.0986. The topological polar surface area (TPSA) is 47.6 Å². The molecule has 5 heteroatoms. The fourth-order valence-electron chi connectivity index (χ4n) is 2.04. The predicted molar refractivity (Wildman–Crippen MR) is 83.4 cm³/mol. The molecule has 22 heavy (non-hydrogen) atoms. The molecule has 2 aromatic rings. The van der Waals surface area contributed by atoms with Crippen LogP contribution in [-0.4, -0.2) is 26.5 Å². The number of benzene rings is 2. The molecule has 0 aliphatic rings. The lowest BCUT2D eigenvalue weighted by Crippen LogP contribution is -2.09. The molecule has 0 saturated carbocycles. The van der Waals surface area contributed by atoms with Gasteiger partial charge in [0.25, 0.3) is 0 Å². The van der Waals surface area contributed by atoms with Gasteiger partial charge in [0.05, 0.1) is 14.2 Å². The Hall–Kier alpha value is -2.56. The first-order valence-electron chi connectivity index (χ1n) is 6.88. The summed E-state index contributed by atoms with van der Waals surface area (Å²) in [6.45, 7) is 0.471. The zero-order chi connectivity index (χ0) is 15.9. The third-order valence-electron chi connectivity index (χ3n) is 3.23. The average Bonchev–Trinajstić information content (AvgIpc) is 2.55. The summed E-state index contributed by atoms with van der Waals surface area (Å²) in [4.78, 5) is 12.2. The molecule has 0 amide bonds. The van der Waals surface area contributed by atoms with Gasteiger partial charge in [-0.05, 0) is 42.5 Å². The van der Waals surface area contributed by atoms with Crippen molar-refractivity contribution < 1.29 is 18.7 Å². The first-order valence-corrected chi connectivity index (χ1v) is 6.88. The van der Waals surface area contributed by atoms with Crippen molar-refractivity contribution in [2.45, 2.75) is 6.42 Å². The lowest BCUT2D eigenvalue weighted by Gasteiger charge is -2.09. The quantitative estimate of drug-likeness (QED) is 0.795. The molecule has 0 heterocycles. The van der Waals surface area contributed by atoms with Crippen LogP contribution in [0, 0.1) is 5.82 Å². The highest BCUT2D eigenvalue weighted by molar-refractivity contribution is 5.97.